The fraction of sp³-hybridized carbons (Fsp3) is 0.190. The van der Waals surface area contributed by atoms with Crippen LogP contribution in [0.1, 0.15) is 31.1 Å². The summed E-state index contributed by atoms with van der Waals surface area (Å²) in [7, 11) is 0. The molecule has 0 N–H and O–H groups in total. The Morgan fingerprint density at radius 2 is 1.56 bits per heavy atom. The van der Waals surface area contributed by atoms with Gasteiger partial charge in [0.05, 0.1) is 11.2 Å². The van der Waals surface area contributed by atoms with Crippen LogP contribution in [0, 0.1) is 0 Å². The van der Waals surface area contributed by atoms with Crippen LogP contribution in [0.5, 0.6) is 11.5 Å². The summed E-state index contributed by atoms with van der Waals surface area (Å²) >= 11 is 0. The lowest BCUT2D eigenvalue weighted by atomic mass is 10.1. The number of hydrogen-bond acceptors (Lipinski definition) is 5. The molecule has 0 aliphatic carbocycles. The molecule has 138 valence electrons. The zero-order chi connectivity index (χ0) is 19.6. The molecule has 6 nitrogen and oxygen atoms in total. The normalized spacial score (nSPS) is 10.6. The molecule has 0 aliphatic heterocycles. The van der Waals surface area contributed by atoms with Gasteiger partial charge in [-0.25, -0.2) is 0 Å². The molecule has 0 unspecified atom stereocenters. The number of ether oxygens (including phenoxy) is 2. The molecule has 27 heavy (non-hydrogen) atoms. The van der Waals surface area contributed by atoms with Gasteiger partial charge in [-0.15, -0.1) is 0 Å². The van der Waals surface area contributed by atoms with Crippen molar-refractivity contribution in [2.45, 2.75) is 27.3 Å². The van der Waals surface area contributed by atoms with E-state index in [1.165, 1.54) is 13.8 Å². The van der Waals surface area contributed by atoms with Crippen molar-refractivity contribution in [3.8, 4) is 22.8 Å². The molecular weight excluding hydrogens is 346 g/mol. The average molecular weight is 365 g/mol. The predicted octanol–water partition coefficient (Wildman–Crippen LogP) is 3.99. The second-order valence-electron chi connectivity index (χ2n) is 6.02. The van der Waals surface area contributed by atoms with E-state index in [0.29, 0.717) is 23.6 Å². The summed E-state index contributed by atoms with van der Waals surface area (Å²) in [6.07, 6.45) is 0.829. The number of aldehydes is 1. The van der Waals surface area contributed by atoms with E-state index in [0.717, 1.165) is 28.4 Å². The molecule has 0 fully saturated rings. The highest BCUT2D eigenvalue weighted by Crippen LogP contribution is 2.35. The van der Waals surface area contributed by atoms with Crippen molar-refractivity contribution in [2.75, 3.05) is 0 Å². The minimum Gasteiger partial charge on any atom is -0.427 e. The molecule has 0 saturated carbocycles. The van der Waals surface area contributed by atoms with Crippen LogP contribution < -0.4 is 9.47 Å². The Kier molecular flexibility index (Phi) is 5.07. The number of fused-ring (bicyclic) bond motifs is 1. The van der Waals surface area contributed by atoms with Gasteiger partial charge in [-0.1, -0.05) is 0 Å². The van der Waals surface area contributed by atoms with Gasteiger partial charge in [-0.2, -0.15) is 0 Å². The summed E-state index contributed by atoms with van der Waals surface area (Å²) < 4.78 is 12.2. The molecule has 0 saturated heterocycles. The van der Waals surface area contributed by atoms with Gasteiger partial charge in [0, 0.05) is 37.4 Å². The zero-order valence-electron chi connectivity index (χ0n) is 15.3. The van der Waals surface area contributed by atoms with E-state index in [9.17, 15) is 14.4 Å². The summed E-state index contributed by atoms with van der Waals surface area (Å²) in [4.78, 5) is 34.2. The van der Waals surface area contributed by atoms with E-state index >= 15 is 0 Å². The molecule has 3 rings (SSSR count). The first kappa shape index (κ1) is 18.4. The van der Waals surface area contributed by atoms with Crippen LogP contribution in [0.2, 0.25) is 0 Å². The summed E-state index contributed by atoms with van der Waals surface area (Å²) in [6.45, 7) is 5.28. The topological polar surface area (TPSA) is 74.6 Å². The Hall–Kier alpha value is -3.41. The van der Waals surface area contributed by atoms with Gasteiger partial charge in [-0.05, 0) is 48.9 Å². The van der Waals surface area contributed by atoms with Crippen LogP contribution in [0.25, 0.3) is 22.2 Å². The van der Waals surface area contributed by atoms with Gasteiger partial charge in [0.1, 0.15) is 11.5 Å². The summed E-state index contributed by atoms with van der Waals surface area (Å²) in [6, 6.07) is 12.2. The van der Waals surface area contributed by atoms with E-state index in [1.54, 1.807) is 42.5 Å². The number of aryl methyl sites for hydroxylation is 1. The minimum absolute atomic E-state index is 0.392. The van der Waals surface area contributed by atoms with Crippen LogP contribution in [-0.4, -0.2) is 22.8 Å². The number of nitrogens with zero attached hydrogens (tertiary/aromatic N) is 1. The second kappa shape index (κ2) is 7.45. The summed E-state index contributed by atoms with van der Waals surface area (Å²) in [5, 5.41) is 0.779. The molecule has 6 heteroatoms. The molecule has 0 atom stereocenters. The first-order valence-electron chi connectivity index (χ1n) is 8.53. The van der Waals surface area contributed by atoms with E-state index in [4.69, 9.17) is 9.47 Å². The third kappa shape index (κ3) is 3.60. The Morgan fingerprint density at radius 3 is 2.11 bits per heavy atom. The summed E-state index contributed by atoms with van der Waals surface area (Å²) in [5.41, 5.74) is 2.94. The first-order valence-corrected chi connectivity index (χ1v) is 8.53. The third-order valence-electron chi connectivity index (χ3n) is 4.16. The average Bonchev–Trinajstić information content (AvgIpc) is 2.94. The number of carbonyl (C=O) groups excluding carboxylic acids is 3. The molecule has 0 aliphatic rings. The molecule has 3 aromatic rings. The van der Waals surface area contributed by atoms with E-state index in [2.05, 4.69) is 0 Å². The quantitative estimate of drug-likeness (QED) is 0.388. The molecule has 1 heterocycles. The maximum absolute atomic E-state index is 11.9. The van der Waals surface area contributed by atoms with Crippen molar-refractivity contribution >= 4 is 29.1 Å². The largest absolute Gasteiger partial charge is 0.427 e. The van der Waals surface area contributed by atoms with Crippen LogP contribution in [0.3, 0.4) is 0 Å². The highest BCUT2D eigenvalue weighted by atomic mass is 16.5. The molecule has 0 spiro atoms. The molecule has 0 bridgehead atoms. The van der Waals surface area contributed by atoms with Gasteiger partial charge in [-0.3, -0.25) is 14.4 Å². The number of hydrogen-bond donors (Lipinski definition) is 0. The highest BCUT2D eigenvalue weighted by molar-refractivity contribution is 6.05. The molecular formula is C21H19NO5. The van der Waals surface area contributed by atoms with Crippen LogP contribution in [0.4, 0.5) is 0 Å². The number of aromatic nitrogens is 1. The fourth-order valence-electron chi connectivity index (χ4n) is 3.19. The summed E-state index contributed by atoms with van der Waals surface area (Å²) in [5.74, 6) is 0.0736. The van der Waals surface area contributed by atoms with Crippen molar-refractivity contribution in [3.63, 3.8) is 0 Å². The predicted molar refractivity (Wildman–Crippen MR) is 101 cm³/mol. The Morgan fingerprint density at radius 1 is 0.963 bits per heavy atom. The monoisotopic (exact) mass is 365 g/mol. The van der Waals surface area contributed by atoms with E-state index < -0.39 is 11.9 Å². The smallest absolute Gasteiger partial charge is 0.308 e. The molecule has 1 aromatic heterocycles. The van der Waals surface area contributed by atoms with Crippen molar-refractivity contribution in [3.05, 3.63) is 48.0 Å². The lowest BCUT2D eigenvalue weighted by Crippen LogP contribution is -2.02. The van der Waals surface area contributed by atoms with Crippen LogP contribution >= 0.6 is 0 Å². The Labute approximate surface area is 156 Å². The van der Waals surface area contributed by atoms with Crippen molar-refractivity contribution in [1.82, 2.24) is 4.57 Å². The number of esters is 2. The maximum Gasteiger partial charge on any atom is 0.308 e. The van der Waals surface area contributed by atoms with Crippen molar-refractivity contribution in [2.24, 2.45) is 0 Å². The Bertz CT molecular complexity index is 1030. The fourth-order valence-corrected chi connectivity index (χ4v) is 3.19. The third-order valence-corrected chi connectivity index (χ3v) is 4.16. The van der Waals surface area contributed by atoms with E-state index in [-0.39, 0.29) is 0 Å². The molecule has 0 radical (unpaired) electrons. The van der Waals surface area contributed by atoms with Crippen molar-refractivity contribution < 1.29 is 23.9 Å². The van der Waals surface area contributed by atoms with Crippen LogP contribution in [-0.2, 0) is 16.1 Å². The molecule has 2 aromatic carbocycles. The highest BCUT2D eigenvalue weighted by Gasteiger charge is 2.18. The maximum atomic E-state index is 11.9. The lowest BCUT2D eigenvalue weighted by molar-refractivity contribution is -0.132. The standard InChI is InChI=1S/C21H19NO5/c1-4-22-20-11-17(27-14(3)25)9-10-18(20)19(12-23)21(22)15-5-7-16(8-6-15)26-13(2)24/h5-12H,4H2,1-3H3. The van der Waals surface area contributed by atoms with Gasteiger partial charge in [0.2, 0.25) is 0 Å². The molecule has 0 amide bonds. The number of rotatable bonds is 5. The number of benzene rings is 2. The number of carbonyl (C=O) groups is 3. The van der Waals surface area contributed by atoms with Gasteiger partial charge in [0.15, 0.2) is 6.29 Å². The SMILES string of the molecule is CCn1c(-c2ccc(OC(C)=O)cc2)c(C=O)c2ccc(OC(C)=O)cc21. The zero-order valence-corrected chi connectivity index (χ0v) is 15.3. The van der Waals surface area contributed by atoms with Crippen LogP contribution in [0.15, 0.2) is 42.5 Å². The second-order valence-corrected chi connectivity index (χ2v) is 6.02. The van der Waals surface area contributed by atoms with Gasteiger partial charge >= 0.3 is 11.9 Å². The Balaban J connectivity index is 2.17. The van der Waals surface area contributed by atoms with Crippen molar-refractivity contribution in [1.29, 1.82) is 0 Å². The first-order chi connectivity index (χ1) is 12.9. The lowest BCUT2D eigenvalue weighted by Gasteiger charge is -2.10. The minimum atomic E-state index is -0.402. The van der Waals surface area contributed by atoms with Gasteiger partial charge in [0.25, 0.3) is 0 Å². The van der Waals surface area contributed by atoms with Gasteiger partial charge < -0.3 is 14.0 Å². The van der Waals surface area contributed by atoms with E-state index in [1.807, 2.05) is 11.5 Å².